The fraction of sp³-hybridized carbons (Fsp3) is 0.500. The molecule has 0 bridgehead atoms. The van der Waals surface area contributed by atoms with Crippen LogP contribution >= 0.6 is 0 Å². The highest BCUT2D eigenvalue weighted by Crippen LogP contribution is 2.11. The van der Waals surface area contributed by atoms with Crippen molar-refractivity contribution in [2.45, 2.75) is 38.6 Å². The minimum atomic E-state index is 0.129. The topological polar surface area (TPSA) is 29.1 Å². The van der Waals surface area contributed by atoms with Crippen LogP contribution in [0.2, 0.25) is 0 Å². The normalized spacial score (nSPS) is 19.9. The van der Waals surface area contributed by atoms with Gasteiger partial charge < -0.3 is 5.32 Å². The predicted molar refractivity (Wildman–Crippen MR) is 65.5 cm³/mol. The van der Waals surface area contributed by atoms with Gasteiger partial charge in [0.2, 0.25) is 0 Å². The van der Waals surface area contributed by atoms with Crippen LogP contribution in [0.15, 0.2) is 24.3 Å². The summed E-state index contributed by atoms with van der Waals surface area (Å²) in [6.45, 7) is 3.09. The Bertz CT molecular complexity index is 367. The maximum absolute atomic E-state index is 11.8. The maximum Gasteiger partial charge on any atom is 0.150 e. The van der Waals surface area contributed by atoms with Gasteiger partial charge in [-0.15, -0.1) is 0 Å². The third-order valence-electron chi connectivity index (χ3n) is 3.19. The van der Waals surface area contributed by atoms with Gasteiger partial charge in [0.05, 0.1) is 6.04 Å². The average Bonchev–Trinajstić information content (AvgIpc) is 2.79. The van der Waals surface area contributed by atoms with Crippen LogP contribution in [-0.2, 0) is 11.2 Å². The van der Waals surface area contributed by atoms with Gasteiger partial charge in [-0.2, -0.15) is 0 Å². The van der Waals surface area contributed by atoms with Crippen LogP contribution in [-0.4, -0.2) is 18.4 Å². The van der Waals surface area contributed by atoms with Gasteiger partial charge in [0.15, 0.2) is 0 Å². The zero-order valence-electron chi connectivity index (χ0n) is 9.83. The lowest BCUT2D eigenvalue weighted by Gasteiger charge is -2.08. The molecule has 1 fully saturated rings. The molecule has 86 valence electrons. The van der Waals surface area contributed by atoms with Crippen LogP contribution in [0, 0.1) is 6.92 Å². The van der Waals surface area contributed by atoms with Crippen molar-refractivity contribution in [1.29, 1.82) is 0 Å². The molecule has 0 radical (unpaired) electrons. The number of Topliss-reactive ketones (excluding diaryl/α,β-unsaturated/α-hetero) is 1. The molecule has 0 amide bonds. The molecule has 1 saturated heterocycles. The molecule has 2 heteroatoms. The van der Waals surface area contributed by atoms with E-state index in [1.54, 1.807) is 0 Å². The van der Waals surface area contributed by atoms with Crippen molar-refractivity contribution in [2.75, 3.05) is 6.54 Å². The summed E-state index contributed by atoms with van der Waals surface area (Å²) in [5, 5.41) is 3.25. The zero-order chi connectivity index (χ0) is 11.4. The van der Waals surface area contributed by atoms with Gasteiger partial charge in [0.25, 0.3) is 0 Å². The van der Waals surface area contributed by atoms with Crippen molar-refractivity contribution >= 4 is 5.78 Å². The molecule has 2 rings (SSSR count). The SMILES string of the molecule is Cc1cccc(CCC(=O)C2CCCN2)c1. The predicted octanol–water partition coefficient (Wildman–Crippen LogP) is 2.25. The molecule has 1 unspecified atom stereocenters. The van der Waals surface area contributed by atoms with Crippen molar-refractivity contribution in [3.8, 4) is 0 Å². The van der Waals surface area contributed by atoms with Crippen molar-refractivity contribution in [3.63, 3.8) is 0 Å². The fourth-order valence-corrected chi connectivity index (χ4v) is 2.27. The summed E-state index contributed by atoms with van der Waals surface area (Å²) >= 11 is 0. The molecule has 0 saturated carbocycles. The lowest BCUT2D eigenvalue weighted by Crippen LogP contribution is -2.30. The number of benzene rings is 1. The van der Waals surface area contributed by atoms with E-state index < -0.39 is 0 Å². The minimum Gasteiger partial charge on any atom is -0.307 e. The number of carbonyl (C=O) groups is 1. The van der Waals surface area contributed by atoms with Crippen molar-refractivity contribution < 1.29 is 4.79 Å². The van der Waals surface area contributed by atoms with E-state index in [4.69, 9.17) is 0 Å². The van der Waals surface area contributed by atoms with E-state index in [-0.39, 0.29) is 6.04 Å². The Hall–Kier alpha value is -1.15. The van der Waals surface area contributed by atoms with Gasteiger partial charge in [0, 0.05) is 6.42 Å². The largest absolute Gasteiger partial charge is 0.307 e. The molecule has 2 nitrogen and oxygen atoms in total. The van der Waals surface area contributed by atoms with E-state index in [0.717, 1.165) is 25.8 Å². The zero-order valence-corrected chi connectivity index (χ0v) is 9.83. The Labute approximate surface area is 97.1 Å². The highest BCUT2D eigenvalue weighted by Gasteiger charge is 2.21. The first-order valence-electron chi connectivity index (χ1n) is 6.07. The summed E-state index contributed by atoms with van der Waals surface area (Å²) in [7, 11) is 0. The molecule has 1 heterocycles. The smallest absolute Gasteiger partial charge is 0.150 e. The summed E-state index contributed by atoms with van der Waals surface area (Å²) in [4.78, 5) is 11.8. The van der Waals surface area contributed by atoms with Gasteiger partial charge in [-0.3, -0.25) is 4.79 Å². The number of hydrogen-bond acceptors (Lipinski definition) is 2. The van der Waals surface area contributed by atoms with Crippen molar-refractivity contribution in [3.05, 3.63) is 35.4 Å². The second-order valence-corrected chi connectivity index (χ2v) is 4.60. The van der Waals surface area contributed by atoms with Crippen LogP contribution in [0.5, 0.6) is 0 Å². The first kappa shape index (κ1) is 11.3. The number of aryl methyl sites for hydroxylation is 2. The highest BCUT2D eigenvalue weighted by atomic mass is 16.1. The Balaban J connectivity index is 1.84. The summed E-state index contributed by atoms with van der Waals surface area (Å²) in [6.07, 6.45) is 3.70. The van der Waals surface area contributed by atoms with Crippen LogP contribution in [0.4, 0.5) is 0 Å². The van der Waals surface area contributed by atoms with Gasteiger partial charge in [-0.1, -0.05) is 29.8 Å². The van der Waals surface area contributed by atoms with Crippen LogP contribution in [0.25, 0.3) is 0 Å². The van der Waals surface area contributed by atoms with Crippen LogP contribution in [0.1, 0.15) is 30.4 Å². The first-order chi connectivity index (χ1) is 7.75. The van der Waals surface area contributed by atoms with Gasteiger partial charge in [0.1, 0.15) is 5.78 Å². The molecule has 0 spiro atoms. The summed E-state index contributed by atoms with van der Waals surface area (Å²) in [5.74, 6) is 0.374. The standard InChI is InChI=1S/C14H19NO/c1-11-4-2-5-12(10-11)7-8-14(16)13-6-3-9-15-13/h2,4-5,10,13,15H,3,6-9H2,1H3. The minimum absolute atomic E-state index is 0.129. The Morgan fingerprint density at radius 2 is 2.38 bits per heavy atom. The molecule has 1 N–H and O–H groups in total. The van der Waals surface area contributed by atoms with E-state index in [0.29, 0.717) is 12.2 Å². The fourth-order valence-electron chi connectivity index (χ4n) is 2.27. The van der Waals surface area contributed by atoms with Crippen LogP contribution in [0.3, 0.4) is 0 Å². The molecule has 1 aliphatic heterocycles. The lowest BCUT2D eigenvalue weighted by molar-refractivity contribution is -0.120. The summed E-state index contributed by atoms with van der Waals surface area (Å²) < 4.78 is 0. The molecule has 16 heavy (non-hydrogen) atoms. The first-order valence-corrected chi connectivity index (χ1v) is 6.07. The average molecular weight is 217 g/mol. The van der Waals surface area contributed by atoms with E-state index in [1.165, 1.54) is 11.1 Å². The van der Waals surface area contributed by atoms with Crippen molar-refractivity contribution in [2.24, 2.45) is 0 Å². The molecular formula is C14H19NO. The van der Waals surface area contributed by atoms with Gasteiger partial charge in [-0.25, -0.2) is 0 Å². The molecule has 0 aromatic heterocycles. The third kappa shape index (κ3) is 2.92. The second kappa shape index (κ2) is 5.26. The van der Waals surface area contributed by atoms with E-state index in [2.05, 4.69) is 36.5 Å². The Morgan fingerprint density at radius 1 is 1.50 bits per heavy atom. The van der Waals surface area contributed by atoms with E-state index >= 15 is 0 Å². The monoisotopic (exact) mass is 217 g/mol. The molecule has 1 atom stereocenters. The number of nitrogens with one attached hydrogen (secondary N) is 1. The van der Waals surface area contributed by atoms with Gasteiger partial charge in [-0.05, 0) is 38.3 Å². The molecule has 1 aromatic rings. The molecule has 1 aliphatic rings. The molecule has 0 aliphatic carbocycles. The summed E-state index contributed by atoms with van der Waals surface area (Å²) in [5.41, 5.74) is 2.54. The lowest BCUT2D eigenvalue weighted by atomic mass is 10.0. The number of hydrogen-bond donors (Lipinski definition) is 1. The van der Waals surface area contributed by atoms with Gasteiger partial charge >= 0.3 is 0 Å². The Morgan fingerprint density at radius 3 is 3.06 bits per heavy atom. The maximum atomic E-state index is 11.8. The molecular weight excluding hydrogens is 198 g/mol. The Kier molecular flexibility index (Phi) is 3.73. The number of rotatable bonds is 4. The quantitative estimate of drug-likeness (QED) is 0.838. The van der Waals surface area contributed by atoms with E-state index in [9.17, 15) is 4.79 Å². The van der Waals surface area contributed by atoms with Crippen LogP contribution < -0.4 is 5.32 Å². The number of ketones is 1. The second-order valence-electron chi connectivity index (χ2n) is 4.60. The summed E-state index contributed by atoms with van der Waals surface area (Å²) in [6, 6.07) is 8.54. The molecule has 1 aromatic carbocycles. The van der Waals surface area contributed by atoms with E-state index in [1.807, 2.05) is 0 Å². The van der Waals surface area contributed by atoms with Crippen molar-refractivity contribution in [1.82, 2.24) is 5.32 Å². The third-order valence-corrected chi connectivity index (χ3v) is 3.19. The number of carbonyl (C=O) groups excluding carboxylic acids is 1. The highest BCUT2D eigenvalue weighted by molar-refractivity contribution is 5.84.